The summed E-state index contributed by atoms with van der Waals surface area (Å²) in [6.07, 6.45) is -0.799. The van der Waals surface area contributed by atoms with Crippen LogP contribution in [0, 0.1) is 5.92 Å². The number of rotatable bonds is 10. The summed E-state index contributed by atoms with van der Waals surface area (Å²) in [6, 6.07) is 21.4. The Morgan fingerprint density at radius 3 is 2.43 bits per heavy atom. The van der Waals surface area contributed by atoms with Crippen LogP contribution >= 0.6 is 0 Å². The number of aliphatic hydroxyl groups excluding tert-OH is 1. The van der Waals surface area contributed by atoms with E-state index in [-0.39, 0.29) is 37.3 Å². The monoisotopic (exact) mass is 617 g/mol. The third-order valence-corrected chi connectivity index (χ3v) is 11.2. The van der Waals surface area contributed by atoms with Gasteiger partial charge in [0.1, 0.15) is 5.75 Å². The number of nitrogens with zero attached hydrogens (tertiary/aromatic N) is 1. The molecule has 5 rings (SSSR count). The van der Waals surface area contributed by atoms with Crippen molar-refractivity contribution in [2.24, 2.45) is 5.92 Å². The lowest BCUT2D eigenvalue weighted by atomic mass is 9.82. The van der Waals surface area contributed by atoms with Crippen molar-refractivity contribution in [1.82, 2.24) is 4.90 Å². The number of amides is 3. The zero-order chi connectivity index (χ0) is 31.6. The van der Waals surface area contributed by atoms with Gasteiger partial charge in [-0.15, -0.1) is 0 Å². The molecule has 1 spiro atoms. The van der Waals surface area contributed by atoms with Gasteiger partial charge >= 0.3 is 0 Å². The van der Waals surface area contributed by atoms with Crippen molar-refractivity contribution in [2.45, 2.75) is 50.2 Å². The summed E-state index contributed by atoms with van der Waals surface area (Å²) >= 11 is 0. The van der Waals surface area contributed by atoms with Crippen LogP contribution < -0.4 is 15.4 Å². The number of hydrogen-bond donors (Lipinski definition) is 4. The predicted octanol–water partition coefficient (Wildman–Crippen LogP) is 4.11. The van der Waals surface area contributed by atoms with Crippen molar-refractivity contribution in [3.63, 3.8) is 0 Å². The third-order valence-electron chi connectivity index (χ3n) is 8.66. The molecule has 44 heavy (non-hydrogen) atoms. The first-order valence-electron chi connectivity index (χ1n) is 14.7. The first-order chi connectivity index (χ1) is 21.0. The van der Waals surface area contributed by atoms with Crippen molar-refractivity contribution in [3.05, 3.63) is 89.5 Å². The molecule has 2 aliphatic heterocycles. The van der Waals surface area contributed by atoms with Crippen LogP contribution in [0.2, 0.25) is 18.6 Å². The number of carbonyl (C=O) groups excluding carboxylic acids is 3. The molecule has 0 saturated carbocycles. The molecule has 232 valence electrons. The van der Waals surface area contributed by atoms with Crippen molar-refractivity contribution in [3.8, 4) is 5.75 Å². The normalized spacial score (nSPS) is 22.4. The molecule has 0 aliphatic carbocycles. The summed E-state index contributed by atoms with van der Waals surface area (Å²) in [6.45, 7) is 5.73. The van der Waals surface area contributed by atoms with Gasteiger partial charge in [-0.05, 0) is 61.1 Å². The molecule has 2 heterocycles. The number of aliphatic hydroxyl groups is 1. The Morgan fingerprint density at radius 1 is 1.09 bits per heavy atom. The number of anilines is 2. The number of carbonyl (C=O) groups is 3. The topological polar surface area (TPSA) is 137 Å². The smallest absolute Gasteiger partial charge is 0.261 e. The van der Waals surface area contributed by atoms with Crippen molar-refractivity contribution in [1.29, 1.82) is 0 Å². The van der Waals surface area contributed by atoms with E-state index < -0.39 is 31.5 Å². The van der Waals surface area contributed by atoms with E-state index in [1.807, 2.05) is 37.3 Å². The summed E-state index contributed by atoms with van der Waals surface area (Å²) < 4.78 is 11.8. The van der Waals surface area contributed by atoms with Gasteiger partial charge in [-0.25, -0.2) is 0 Å². The molecule has 0 unspecified atom stereocenters. The molecule has 3 aromatic carbocycles. The van der Waals surface area contributed by atoms with Crippen LogP contribution in [0.4, 0.5) is 11.4 Å². The Labute approximate surface area is 258 Å². The van der Waals surface area contributed by atoms with Gasteiger partial charge in [0.05, 0.1) is 26.2 Å². The van der Waals surface area contributed by atoms with E-state index in [1.165, 1.54) is 0 Å². The Kier molecular flexibility index (Phi) is 8.94. The lowest BCUT2D eigenvalue weighted by molar-refractivity contribution is -0.148. The molecule has 0 aromatic heterocycles. The Hall–Kier alpha value is -4.03. The molecule has 2 aliphatic rings. The molecular formula is C33H39N3O7Si. The van der Waals surface area contributed by atoms with E-state index in [2.05, 4.69) is 10.6 Å². The lowest BCUT2D eigenvalue weighted by Gasteiger charge is -2.32. The molecule has 11 heteroatoms. The SMILES string of the molecule is COc1ccc(C(=O)Nc2ccc3c(c2)[C@]2(O[C@@H](CC(=O)N(CCO)Cc4ccccc4)[C@H]([Si](C)(C)O)[C@H]2C)C(=O)N3)cc1. The minimum Gasteiger partial charge on any atom is -0.497 e. The van der Waals surface area contributed by atoms with Gasteiger partial charge in [0.25, 0.3) is 11.8 Å². The average molecular weight is 618 g/mol. The van der Waals surface area contributed by atoms with E-state index in [4.69, 9.17) is 9.47 Å². The molecule has 3 amide bonds. The van der Waals surface area contributed by atoms with Crippen molar-refractivity contribution >= 4 is 37.4 Å². The summed E-state index contributed by atoms with van der Waals surface area (Å²) in [5.74, 6) is -0.767. The van der Waals surface area contributed by atoms with Gasteiger partial charge in [0.2, 0.25) is 5.91 Å². The molecule has 1 fully saturated rings. The number of ether oxygens (including phenoxy) is 2. The van der Waals surface area contributed by atoms with Crippen molar-refractivity contribution in [2.75, 3.05) is 30.9 Å². The van der Waals surface area contributed by atoms with Crippen LogP contribution in [-0.2, 0) is 26.5 Å². The second kappa shape index (κ2) is 12.5. The second-order valence-electron chi connectivity index (χ2n) is 12.0. The summed E-state index contributed by atoms with van der Waals surface area (Å²) in [7, 11) is -1.43. The average Bonchev–Trinajstić information content (AvgIpc) is 3.45. The molecule has 4 atom stereocenters. The molecule has 4 N–H and O–H groups in total. The van der Waals surface area contributed by atoms with Crippen LogP contribution in [0.25, 0.3) is 0 Å². The van der Waals surface area contributed by atoms with E-state index in [0.717, 1.165) is 5.56 Å². The molecule has 0 bridgehead atoms. The number of benzene rings is 3. The van der Waals surface area contributed by atoms with Crippen molar-refractivity contribution < 1.29 is 33.8 Å². The molecule has 10 nitrogen and oxygen atoms in total. The highest BCUT2D eigenvalue weighted by molar-refractivity contribution is 6.71. The van der Waals surface area contributed by atoms with Crippen LogP contribution in [0.15, 0.2) is 72.8 Å². The van der Waals surface area contributed by atoms with Crippen LogP contribution in [0.3, 0.4) is 0 Å². The summed E-state index contributed by atoms with van der Waals surface area (Å²) in [5.41, 5.74) is 1.04. The zero-order valence-electron chi connectivity index (χ0n) is 25.4. The van der Waals surface area contributed by atoms with Crippen LogP contribution in [0.1, 0.15) is 34.8 Å². The number of methoxy groups -OCH3 is 1. The highest BCUT2D eigenvalue weighted by Crippen LogP contribution is 2.58. The third kappa shape index (κ3) is 6.00. The quantitative estimate of drug-likeness (QED) is 0.251. The number of nitrogens with one attached hydrogen (secondary N) is 2. The summed E-state index contributed by atoms with van der Waals surface area (Å²) in [5, 5.41) is 15.5. The van der Waals surface area contributed by atoms with Gasteiger partial charge < -0.3 is 34.9 Å². The molecule has 1 saturated heterocycles. The highest BCUT2D eigenvalue weighted by atomic mass is 28.4. The number of fused-ring (bicyclic) bond motifs is 2. The molecular weight excluding hydrogens is 578 g/mol. The van der Waals surface area contributed by atoms with Gasteiger partial charge in [0.15, 0.2) is 13.9 Å². The first kappa shape index (κ1) is 31.4. The van der Waals surface area contributed by atoms with Gasteiger partial charge in [-0.3, -0.25) is 14.4 Å². The standard InChI is InChI=1S/C33H39N3O7Si/c1-21-30(44(3,4)41)28(19-29(38)36(16-17-37)20-22-8-6-5-7-9-22)43-33(21)26-18-24(12-15-27(26)35-32(33)40)34-31(39)23-10-13-25(42-2)14-11-23/h5-15,18,21,28,30,37,41H,16-17,19-20H2,1-4H3,(H,34,39)(H,35,40)/t21-,28+,30-,33+/m1/s1. The fraction of sp³-hybridized carbons (Fsp3) is 0.364. The minimum absolute atomic E-state index is 0.0584. The maximum atomic E-state index is 13.7. The van der Waals surface area contributed by atoms with Gasteiger partial charge in [-0.1, -0.05) is 37.3 Å². The Morgan fingerprint density at radius 2 is 1.80 bits per heavy atom. The van der Waals surface area contributed by atoms with Gasteiger partial charge in [-0.2, -0.15) is 0 Å². The zero-order valence-corrected chi connectivity index (χ0v) is 26.4. The minimum atomic E-state index is -2.99. The number of hydrogen-bond acceptors (Lipinski definition) is 7. The highest BCUT2D eigenvalue weighted by Gasteiger charge is 2.65. The largest absolute Gasteiger partial charge is 0.497 e. The van der Waals surface area contributed by atoms with Gasteiger partial charge in [0, 0.05) is 47.1 Å². The van der Waals surface area contributed by atoms with E-state index in [9.17, 15) is 24.3 Å². The predicted molar refractivity (Wildman–Crippen MR) is 169 cm³/mol. The van der Waals surface area contributed by atoms with E-state index >= 15 is 0 Å². The maximum absolute atomic E-state index is 13.7. The van der Waals surface area contributed by atoms with E-state index in [0.29, 0.717) is 34.8 Å². The first-order valence-corrected chi connectivity index (χ1v) is 17.7. The lowest BCUT2D eigenvalue weighted by Crippen LogP contribution is -2.44. The van der Waals surface area contributed by atoms with Crippen LogP contribution in [0.5, 0.6) is 5.75 Å². The van der Waals surface area contributed by atoms with E-state index in [1.54, 1.807) is 67.6 Å². The maximum Gasteiger partial charge on any atom is 0.261 e. The summed E-state index contributed by atoms with van der Waals surface area (Å²) in [4.78, 5) is 53.4. The molecule has 0 radical (unpaired) electrons. The fourth-order valence-electron chi connectivity index (χ4n) is 6.64. The fourth-order valence-corrected chi connectivity index (χ4v) is 9.19. The second-order valence-corrected chi connectivity index (χ2v) is 16.0. The van der Waals surface area contributed by atoms with Crippen LogP contribution in [-0.4, -0.2) is 67.2 Å². The Balaban J connectivity index is 1.43. The molecule has 3 aromatic rings. The Bertz CT molecular complexity index is 1530.